The van der Waals surface area contributed by atoms with Crippen molar-refractivity contribution < 1.29 is 14.5 Å². The molecule has 5 heteroatoms. The van der Waals surface area contributed by atoms with Gasteiger partial charge in [-0.2, -0.15) is 0 Å². The fraction of sp³-hybridized carbons (Fsp3) is 0.0500. The highest BCUT2D eigenvalue weighted by Gasteiger charge is 2.36. The second-order valence-corrected chi connectivity index (χ2v) is 5.85. The fourth-order valence-electron chi connectivity index (χ4n) is 3.22. The number of cyclic esters (lactones) is 1. The third-order valence-corrected chi connectivity index (χ3v) is 4.36. The van der Waals surface area contributed by atoms with Crippen molar-refractivity contribution in [1.29, 1.82) is 0 Å². The minimum Gasteiger partial charge on any atom is -0.415 e. The highest BCUT2D eigenvalue weighted by molar-refractivity contribution is 6.09. The molecule has 5 nitrogen and oxygen atoms in total. The third-order valence-electron chi connectivity index (χ3n) is 4.36. The number of esters is 1. The Morgan fingerprint density at radius 2 is 1.64 bits per heavy atom. The minimum absolute atomic E-state index is 0.00468. The first kappa shape index (κ1) is 15.1. The van der Waals surface area contributed by atoms with Gasteiger partial charge in [0.05, 0.1) is 16.1 Å². The molecule has 1 aliphatic rings. The Balaban J connectivity index is 2.11. The summed E-state index contributed by atoms with van der Waals surface area (Å²) in [5, 5.41) is 13.6. The van der Waals surface area contributed by atoms with E-state index < -0.39 is 10.9 Å². The summed E-state index contributed by atoms with van der Waals surface area (Å²) in [5.74, 6) is -0.562. The van der Waals surface area contributed by atoms with Crippen LogP contribution in [0.3, 0.4) is 0 Å². The van der Waals surface area contributed by atoms with Crippen molar-refractivity contribution in [2.45, 2.75) is 6.92 Å². The number of nitrogens with zero attached hydrogens (tertiary/aromatic N) is 1. The summed E-state index contributed by atoms with van der Waals surface area (Å²) in [5.41, 5.74) is 1.83. The first-order valence-electron chi connectivity index (χ1n) is 7.77. The SMILES string of the molecule is Cc1ccc2ccccc2c1/C(=C1\OC(=O)c2ccccc21)[N+](=O)[O-]. The van der Waals surface area contributed by atoms with Crippen LogP contribution in [0.25, 0.3) is 22.2 Å². The fourth-order valence-corrected chi connectivity index (χ4v) is 3.22. The number of ether oxygens (including phenoxy) is 1. The zero-order chi connectivity index (χ0) is 17.6. The predicted molar refractivity (Wildman–Crippen MR) is 94.4 cm³/mol. The van der Waals surface area contributed by atoms with Crippen molar-refractivity contribution >= 4 is 28.2 Å². The Morgan fingerprint density at radius 1 is 0.960 bits per heavy atom. The number of carbonyl (C=O) groups is 1. The van der Waals surface area contributed by atoms with Crippen LogP contribution >= 0.6 is 0 Å². The molecule has 0 bridgehead atoms. The molecule has 0 fully saturated rings. The standard InChI is InChI=1S/C20H13NO4/c1-12-10-11-13-6-2-3-7-14(13)17(12)18(21(23)24)19-15-8-4-5-9-16(15)20(22)25-19/h2-11H,1H3/b19-18+. The van der Waals surface area contributed by atoms with E-state index in [9.17, 15) is 14.9 Å². The van der Waals surface area contributed by atoms with Gasteiger partial charge in [0.1, 0.15) is 0 Å². The Labute approximate surface area is 143 Å². The van der Waals surface area contributed by atoms with Gasteiger partial charge < -0.3 is 4.74 Å². The molecule has 25 heavy (non-hydrogen) atoms. The molecule has 0 aromatic heterocycles. The molecule has 0 saturated carbocycles. The molecule has 0 aliphatic carbocycles. The van der Waals surface area contributed by atoms with Crippen molar-refractivity contribution in [1.82, 2.24) is 0 Å². The van der Waals surface area contributed by atoms with Crippen LogP contribution in [0.15, 0.2) is 60.7 Å². The predicted octanol–water partition coefficient (Wildman–Crippen LogP) is 4.42. The smallest absolute Gasteiger partial charge is 0.344 e. The van der Waals surface area contributed by atoms with E-state index >= 15 is 0 Å². The molecule has 0 amide bonds. The topological polar surface area (TPSA) is 69.4 Å². The lowest BCUT2D eigenvalue weighted by Gasteiger charge is -2.10. The summed E-state index contributed by atoms with van der Waals surface area (Å²) in [6.07, 6.45) is 0. The molecule has 0 N–H and O–H groups in total. The summed E-state index contributed by atoms with van der Waals surface area (Å²) < 4.78 is 5.31. The molecule has 0 spiro atoms. The van der Waals surface area contributed by atoms with Gasteiger partial charge in [0, 0.05) is 5.56 Å². The molecule has 1 heterocycles. The number of hydrogen-bond acceptors (Lipinski definition) is 4. The van der Waals surface area contributed by atoms with E-state index in [0.717, 1.165) is 16.3 Å². The highest BCUT2D eigenvalue weighted by atomic mass is 16.6. The lowest BCUT2D eigenvalue weighted by Crippen LogP contribution is -2.05. The molecule has 1 aliphatic heterocycles. The van der Waals surface area contributed by atoms with E-state index in [1.807, 2.05) is 43.3 Å². The Morgan fingerprint density at radius 3 is 2.40 bits per heavy atom. The number of benzene rings is 3. The molecular weight excluding hydrogens is 318 g/mol. The van der Waals surface area contributed by atoms with Crippen LogP contribution in [0, 0.1) is 17.0 Å². The van der Waals surface area contributed by atoms with Crippen LogP contribution in [-0.2, 0) is 4.74 Å². The van der Waals surface area contributed by atoms with Gasteiger partial charge in [-0.1, -0.05) is 54.6 Å². The average molecular weight is 331 g/mol. The molecular formula is C20H13NO4. The van der Waals surface area contributed by atoms with Crippen LogP contribution in [0.1, 0.15) is 27.0 Å². The summed E-state index contributed by atoms with van der Waals surface area (Å²) >= 11 is 0. The van der Waals surface area contributed by atoms with Gasteiger partial charge in [0.15, 0.2) is 0 Å². The quantitative estimate of drug-likeness (QED) is 0.396. The molecule has 122 valence electrons. The van der Waals surface area contributed by atoms with Gasteiger partial charge >= 0.3 is 11.7 Å². The van der Waals surface area contributed by atoms with Gasteiger partial charge in [-0.3, -0.25) is 10.1 Å². The van der Waals surface area contributed by atoms with Crippen molar-refractivity contribution in [2.75, 3.05) is 0 Å². The van der Waals surface area contributed by atoms with E-state index in [4.69, 9.17) is 4.74 Å². The maximum absolute atomic E-state index is 12.1. The van der Waals surface area contributed by atoms with Crippen LogP contribution in [0.4, 0.5) is 0 Å². The molecule has 0 atom stereocenters. The first-order chi connectivity index (χ1) is 12.1. The Hall–Kier alpha value is -3.47. The van der Waals surface area contributed by atoms with Crippen LogP contribution in [0.2, 0.25) is 0 Å². The molecule has 3 aromatic carbocycles. The van der Waals surface area contributed by atoms with Crippen molar-refractivity contribution in [2.24, 2.45) is 0 Å². The maximum Gasteiger partial charge on any atom is 0.344 e. The van der Waals surface area contributed by atoms with E-state index in [-0.39, 0.29) is 11.5 Å². The Bertz CT molecular complexity index is 1080. The molecule has 0 radical (unpaired) electrons. The number of hydrogen-bond donors (Lipinski definition) is 0. The van der Waals surface area contributed by atoms with E-state index in [1.165, 1.54) is 0 Å². The average Bonchev–Trinajstić information content (AvgIpc) is 2.94. The van der Waals surface area contributed by atoms with Gasteiger partial charge in [-0.25, -0.2) is 4.79 Å². The minimum atomic E-state index is -0.567. The lowest BCUT2D eigenvalue weighted by molar-refractivity contribution is -0.375. The van der Waals surface area contributed by atoms with Crippen LogP contribution < -0.4 is 0 Å². The second kappa shape index (κ2) is 5.56. The summed E-state index contributed by atoms with van der Waals surface area (Å²) in [7, 11) is 0. The third kappa shape index (κ3) is 2.29. The summed E-state index contributed by atoms with van der Waals surface area (Å²) in [4.78, 5) is 23.6. The van der Waals surface area contributed by atoms with Crippen molar-refractivity contribution in [3.8, 4) is 0 Å². The van der Waals surface area contributed by atoms with Gasteiger partial charge in [0.25, 0.3) is 0 Å². The normalized spacial score (nSPS) is 15.0. The number of aryl methyl sites for hydroxylation is 1. The van der Waals surface area contributed by atoms with Gasteiger partial charge in [-0.05, 0) is 29.3 Å². The van der Waals surface area contributed by atoms with Crippen LogP contribution in [-0.4, -0.2) is 10.9 Å². The molecule has 4 rings (SSSR count). The molecule has 0 saturated heterocycles. The molecule has 0 unspecified atom stereocenters. The largest absolute Gasteiger partial charge is 0.415 e. The second-order valence-electron chi connectivity index (χ2n) is 5.85. The summed E-state index contributed by atoms with van der Waals surface area (Å²) in [6.45, 7) is 1.81. The molecule has 3 aromatic rings. The Kier molecular flexibility index (Phi) is 3.35. The number of rotatable bonds is 2. The maximum atomic E-state index is 12.1. The van der Waals surface area contributed by atoms with Crippen molar-refractivity contribution in [3.63, 3.8) is 0 Å². The van der Waals surface area contributed by atoms with Gasteiger partial charge in [-0.15, -0.1) is 0 Å². The summed E-state index contributed by atoms with van der Waals surface area (Å²) in [6, 6.07) is 17.9. The zero-order valence-electron chi connectivity index (χ0n) is 13.4. The number of fused-ring (bicyclic) bond motifs is 2. The van der Waals surface area contributed by atoms with E-state index in [0.29, 0.717) is 16.7 Å². The number of carbonyl (C=O) groups excluding carboxylic acids is 1. The monoisotopic (exact) mass is 331 g/mol. The first-order valence-corrected chi connectivity index (χ1v) is 7.77. The van der Waals surface area contributed by atoms with Crippen LogP contribution in [0.5, 0.6) is 0 Å². The number of nitro groups is 1. The van der Waals surface area contributed by atoms with Crippen molar-refractivity contribution in [3.05, 3.63) is 93.0 Å². The lowest BCUT2D eigenvalue weighted by atomic mass is 9.95. The zero-order valence-corrected chi connectivity index (χ0v) is 13.4. The van der Waals surface area contributed by atoms with E-state index in [1.54, 1.807) is 24.3 Å². The van der Waals surface area contributed by atoms with E-state index in [2.05, 4.69) is 0 Å². The van der Waals surface area contributed by atoms with Gasteiger partial charge in [0.2, 0.25) is 5.76 Å². The highest BCUT2D eigenvalue weighted by Crippen LogP contribution is 2.39.